The smallest absolute Gasteiger partial charge is 0.0540 e. The zero-order chi connectivity index (χ0) is 37.0. The first-order chi connectivity index (χ1) is 27.8. The Balaban J connectivity index is 1.08. The number of hydrogen-bond donors (Lipinski definition) is 0. The van der Waals surface area contributed by atoms with Gasteiger partial charge in [0.1, 0.15) is 0 Å². The van der Waals surface area contributed by atoms with Crippen LogP contribution in [0.15, 0.2) is 212 Å². The third-order valence-electron chi connectivity index (χ3n) is 11.2. The summed E-state index contributed by atoms with van der Waals surface area (Å²) in [5.74, 6) is 0. The second-order valence-electron chi connectivity index (χ2n) is 14.5. The Hall–Kier alpha value is -7.00. The fraction of sp³-hybridized carbons (Fsp3) is 0. The van der Waals surface area contributed by atoms with Gasteiger partial charge in [0, 0.05) is 37.1 Å². The minimum Gasteiger partial charge on any atom is -0.310 e. The maximum atomic E-state index is 2.43. The van der Waals surface area contributed by atoms with Crippen LogP contribution in [0.1, 0.15) is 0 Å². The number of fused-ring (bicyclic) bond motifs is 7. The van der Waals surface area contributed by atoms with Crippen molar-refractivity contribution >= 4 is 80.9 Å². The van der Waals surface area contributed by atoms with Gasteiger partial charge in [0.25, 0.3) is 0 Å². The van der Waals surface area contributed by atoms with Gasteiger partial charge in [-0.15, -0.1) is 11.3 Å². The molecule has 0 fully saturated rings. The average Bonchev–Trinajstić information content (AvgIpc) is 3.66. The summed E-state index contributed by atoms with van der Waals surface area (Å²) in [6.07, 6.45) is 0. The molecule has 11 rings (SSSR count). The molecule has 0 radical (unpaired) electrons. The maximum absolute atomic E-state index is 2.43. The molecule has 0 aliphatic carbocycles. The van der Waals surface area contributed by atoms with Gasteiger partial charge >= 0.3 is 0 Å². The Bertz CT molecular complexity index is 3260. The first-order valence-corrected chi connectivity index (χ1v) is 20.0. The Morgan fingerprint density at radius 2 is 0.875 bits per heavy atom. The lowest BCUT2D eigenvalue weighted by atomic mass is 9.94. The highest BCUT2D eigenvalue weighted by Gasteiger charge is 2.19. The molecule has 11 aromatic rings. The Morgan fingerprint density at radius 1 is 0.304 bits per heavy atom. The van der Waals surface area contributed by atoms with E-state index in [1.807, 2.05) is 11.3 Å². The van der Waals surface area contributed by atoms with E-state index in [4.69, 9.17) is 0 Å². The second-order valence-corrected chi connectivity index (χ2v) is 15.5. The van der Waals surface area contributed by atoms with Crippen molar-refractivity contribution in [2.24, 2.45) is 0 Å². The third-order valence-corrected chi connectivity index (χ3v) is 12.5. The summed E-state index contributed by atoms with van der Waals surface area (Å²) >= 11 is 1.88. The lowest BCUT2D eigenvalue weighted by molar-refractivity contribution is 1.29. The van der Waals surface area contributed by atoms with Gasteiger partial charge in [-0.3, -0.25) is 0 Å². The molecule has 0 spiro atoms. The van der Waals surface area contributed by atoms with E-state index in [0.717, 1.165) is 17.1 Å². The molecule has 0 aliphatic heterocycles. The molecule has 0 saturated carbocycles. The minimum atomic E-state index is 1.11. The summed E-state index contributed by atoms with van der Waals surface area (Å²) in [5.41, 5.74) is 10.6. The molecule has 1 heterocycles. The molecule has 0 unspecified atom stereocenters. The van der Waals surface area contributed by atoms with Gasteiger partial charge in [0.2, 0.25) is 0 Å². The SMILES string of the molecule is c1cc(-c2ccccc2N(c2ccc(-c3cccc4c3sc3ccccc34)cc2)c2ccc3c(ccc4ccccc43)c2)cc(-c2cccc3ccccc23)c1. The summed E-state index contributed by atoms with van der Waals surface area (Å²) in [7, 11) is 0. The van der Waals surface area contributed by atoms with E-state index in [9.17, 15) is 0 Å². The summed E-state index contributed by atoms with van der Waals surface area (Å²) in [5, 5.41) is 10.2. The van der Waals surface area contributed by atoms with Crippen LogP contribution < -0.4 is 4.90 Å². The van der Waals surface area contributed by atoms with Gasteiger partial charge in [-0.2, -0.15) is 0 Å². The molecule has 0 saturated heterocycles. The molecule has 1 nitrogen and oxygen atoms in total. The molecule has 0 amide bonds. The van der Waals surface area contributed by atoms with Gasteiger partial charge in [-0.1, -0.05) is 170 Å². The molecule has 2 heteroatoms. The Labute approximate surface area is 330 Å². The maximum Gasteiger partial charge on any atom is 0.0540 e. The van der Waals surface area contributed by atoms with Crippen molar-refractivity contribution < 1.29 is 0 Å². The Kier molecular flexibility index (Phi) is 7.75. The van der Waals surface area contributed by atoms with Crippen molar-refractivity contribution in [3.63, 3.8) is 0 Å². The number of benzene rings is 10. The van der Waals surface area contributed by atoms with Crippen molar-refractivity contribution in [3.8, 4) is 33.4 Å². The zero-order valence-corrected chi connectivity index (χ0v) is 31.4. The van der Waals surface area contributed by atoms with E-state index in [1.165, 1.54) is 85.9 Å². The van der Waals surface area contributed by atoms with E-state index in [1.54, 1.807) is 0 Å². The number of hydrogen-bond acceptors (Lipinski definition) is 2. The molecule has 0 atom stereocenters. The molecule has 56 heavy (non-hydrogen) atoms. The van der Waals surface area contributed by atoms with Gasteiger partial charge < -0.3 is 4.90 Å². The summed E-state index contributed by atoms with van der Waals surface area (Å²) in [6.45, 7) is 0. The van der Waals surface area contributed by atoms with E-state index in [2.05, 4.69) is 217 Å². The number of para-hydroxylation sites is 1. The van der Waals surface area contributed by atoms with Crippen LogP contribution >= 0.6 is 11.3 Å². The molecular formula is C54H35NS. The van der Waals surface area contributed by atoms with E-state index < -0.39 is 0 Å². The van der Waals surface area contributed by atoms with E-state index in [0.29, 0.717) is 0 Å². The van der Waals surface area contributed by atoms with Crippen LogP contribution in [0, 0.1) is 0 Å². The fourth-order valence-corrected chi connectivity index (χ4v) is 9.81. The molecule has 0 aliphatic rings. The largest absolute Gasteiger partial charge is 0.310 e. The van der Waals surface area contributed by atoms with Crippen LogP contribution in [0.5, 0.6) is 0 Å². The second kappa shape index (κ2) is 13.4. The standard InChI is InChI=1S/C54H35NS/c1-3-17-44-36(12-1)14-10-21-46(44)39-15-9-16-40(34-39)48-19-5-7-24-52(48)55(43-32-33-47-41(35-43)27-26-37-13-2-4-18-45(37)47)42-30-28-38(29-31-42)49-22-11-23-51-50-20-6-8-25-53(50)56-54(49)51/h1-35H. The fourth-order valence-electron chi connectivity index (χ4n) is 8.58. The van der Waals surface area contributed by atoms with E-state index in [-0.39, 0.29) is 0 Å². The van der Waals surface area contributed by atoms with Crippen molar-refractivity contribution in [3.05, 3.63) is 212 Å². The highest BCUT2D eigenvalue weighted by molar-refractivity contribution is 7.26. The first kappa shape index (κ1) is 32.4. The third kappa shape index (κ3) is 5.46. The predicted octanol–water partition coefficient (Wildman–Crippen LogP) is 16.0. The van der Waals surface area contributed by atoms with Crippen molar-refractivity contribution in [2.45, 2.75) is 0 Å². The number of anilines is 3. The zero-order valence-electron chi connectivity index (χ0n) is 30.6. The summed E-state index contributed by atoms with van der Waals surface area (Å²) in [6, 6.07) is 77.8. The van der Waals surface area contributed by atoms with Gasteiger partial charge in [0.15, 0.2) is 0 Å². The summed E-state index contributed by atoms with van der Waals surface area (Å²) < 4.78 is 2.65. The van der Waals surface area contributed by atoms with Crippen LogP contribution in [-0.4, -0.2) is 0 Å². The minimum absolute atomic E-state index is 1.11. The Morgan fingerprint density at radius 3 is 1.75 bits per heavy atom. The van der Waals surface area contributed by atoms with Gasteiger partial charge in [-0.25, -0.2) is 0 Å². The molecule has 10 aromatic carbocycles. The molecule has 262 valence electrons. The van der Waals surface area contributed by atoms with Crippen molar-refractivity contribution in [1.82, 2.24) is 0 Å². The molecule has 1 aromatic heterocycles. The lowest BCUT2D eigenvalue weighted by Gasteiger charge is -2.28. The highest BCUT2D eigenvalue weighted by Crippen LogP contribution is 2.45. The molecule has 0 bridgehead atoms. The summed E-state index contributed by atoms with van der Waals surface area (Å²) in [4.78, 5) is 2.43. The molecule has 0 N–H and O–H groups in total. The van der Waals surface area contributed by atoms with Crippen LogP contribution in [0.3, 0.4) is 0 Å². The quantitative estimate of drug-likeness (QED) is 0.154. The van der Waals surface area contributed by atoms with Crippen LogP contribution in [-0.2, 0) is 0 Å². The van der Waals surface area contributed by atoms with Crippen LogP contribution in [0.2, 0.25) is 0 Å². The predicted molar refractivity (Wildman–Crippen MR) is 243 cm³/mol. The van der Waals surface area contributed by atoms with Crippen molar-refractivity contribution in [1.29, 1.82) is 0 Å². The lowest BCUT2D eigenvalue weighted by Crippen LogP contribution is -2.11. The first-order valence-electron chi connectivity index (χ1n) is 19.2. The van der Waals surface area contributed by atoms with Crippen LogP contribution in [0.25, 0.3) is 85.9 Å². The molecular weight excluding hydrogens is 695 g/mol. The van der Waals surface area contributed by atoms with Crippen LogP contribution in [0.4, 0.5) is 17.1 Å². The number of nitrogens with zero attached hydrogens (tertiary/aromatic N) is 1. The topological polar surface area (TPSA) is 3.24 Å². The monoisotopic (exact) mass is 729 g/mol. The van der Waals surface area contributed by atoms with E-state index >= 15 is 0 Å². The van der Waals surface area contributed by atoms with Gasteiger partial charge in [-0.05, 0) is 103 Å². The number of rotatable bonds is 6. The van der Waals surface area contributed by atoms with Crippen molar-refractivity contribution in [2.75, 3.05) is 4.90 Å². The highest BCUT2D eigenvalue weighted by atomic mass is 32.1. The normalized spacial score (nSPS) is 11.6. The average molecular weight is 730 g/mol. The van der Waals surface area contributed by atoms with Gasteiger partial charge in [0.05, 0.1) is 5.69 Å². The number of thiophene rings is 1.